The average Bonchev–Trinajstić information content (AvgIpc) is 2.58. The first kappa shape index (κ1) is 11.8. The average molecular weight is 236 g/mol. The summed E-state index contributed by atoms with van der Waals surface area (Å²) in [6.45, 7) is 1.79. The second-order valence-electron chi connectivity index (χ2n) is 4.17. The first-order valence-electron chi connectivity index (χ1n) is 5.82. The van der Waals surface area contributed by atoms with Crippen LogP contribution >= 0.6 is 0 Å². The molecular formula is C11H16N4O2. The second-order valence-corrected chi connectivity index (χ2v) is 4.17. The summed E-state index contributed by atoms with van der Waals surface area (Å²) in [4.78, 5) is 28.9. The van der Waals surface area contributed by atoms with Crippen molar-refractivity contribution in [3.05, 3.63) is 28.4 Å². The van der Waals surface area contributed by atoms with Crippen LogP contribution in [0, 0.1) is 0 Å². The highest BCUT2D eigenvalue weighted by Gasteiger charge is 2.16. The van der Waals surface area contributed by atoms with E-state index in [2.05, 4.69) is 20.6 Å². The van der Waals surface area contributed by atoms with E-state index in [1.54, 1.807) is 0 Å². The van der Waals surface area contributed by atoms with Gasteiger partial charge in [-0.15, -0.1) is 0 Å². The van der Waals surface area contributed by atoms with Crippen molar-refractivity contribution in [2.24, 2.45) is 0 Å². The predicted octanol–water partition coefficient (Wildman–Crippen LogP) is -0.358. The van der Waals surface area contributed by atoms with Crippen LogP contribution in [0.5, 0.6) is 0 Å². The van der Waals surface area contributed by atoms with E-state index in [0.717, 1.165) is 38.5 Å². The van der Waals surface area contributed by atoms with E-state index in [0.29, 0.717) is 0 Å². The Labute approximate surface area is 98.8 Å². The largest absolute Gasteiger partial charge is 0.347 e. The zero-order valence-electron chi connectivity index (χ0n) is 9.53. The predicted molar refractivity (Wildman–Crippen MR) is 62.8 cm³/mol. The molecule has 1 aliphatic rings. The van der Waals surface area contributed by atoms with Crippen LogP contribution in [-0.2, 0) is 0 Å². The van der Waals surface area contributed by atoms with E-state index in [9.17, 15) is 9.59 Å². The molecule has 0 bridgehead atoms. The van der Waals surface area contributed by atoms with Crippen LogP contribution < -0.4 is 16.2 Å². The lowest BCUT2D eigenvalue weighted by atomic mass is 10.1. The molecular weight excluding hydrogens is 220 g/mol. The molecule has 0 radical (unpaired) electrons. The van der Waals surface area contributed by atoms with Gasteiger partial charge in [-0.3, -0.25) is 9.59 Å². The van der Waals surface area contributed by atoms with E-state index >= 15 is 0 Å². The maximum absolute atomic E-state index is 11.8. The van der Waals surface area contributed by atoms with Crippen molar-refractivity contribution < 1.29 is 4.79 Å². The molecule has 1 aliphatic heterocycles. The highest BCUT2D eigenvalue weighted by Crippen LogP contribution is 2.04. The molecule has 0 aliphatic carbocycles. The van der Waals surface area contributed by atoms with Gasteiger partial charge in [0, 0.05) is 18.8 Å². The Balaban J connectivity index is 1.95. The molecule has 92 valence electrons. The van der Waals surface area contributed by atoms with Gasteiger partial charge in [0.2, 0.25) is 0 Å². The minimum atomic E-state index is -0.308. The lowest BCUT2D eigenvalue weighted by Gasteiger charge is -2.15. The van der Waals surface area contributed by atoms with Crippen molar-refractivity contribution in [2.45, 2.75) is 25.3 Å². The molecule has 0 spiro atoms. The number of nitrogens with one attached hydrogen (secondary N) is 3. The van der Waals surface area contributed by atoms with Gasteiger partial charge in [-0.2, -0.15) is 0 Å². The second kappa shape index (κ2) is 5.58. The number of nitrogens with zero attached hydrogens (tertiary/aromatic N) is 1. The van der Waals surface area contributed by atoms with Crippen LogP contribution in [-0.4, -0.2) is 35.0 Å². The summed E-state index contributed by atoms with van der Waals surface area (Å²) >= 11 is 0. The van der Waals surface area contributed by atoms with Gasteiger partial charge < -0.3 is 15.6 Å². The summed E-state index contributed by atoms with van der Waals surface area (Å²) in [7, 11) is 0. The Morgan fingerprint density at radius 3 is 3.12 bits per heavy atom. The molecule has 0 saturated carbocycles. The zero-order chi connectivity index (χ0) is 12.1. The highest BCUT2D eigenvalue weighted by atomic mass is 16.2. The molecule has 2 rings (SSSR count). The molecule has 2 heterocycles. The van der Waals surface area contributed by atoms with Crippen LogP contribution in [0.1, 0.15) is 29.8 Å². The van der Waals surface area contributed by atoms with E-state index in [-0.39, 0.29) is 23.2 Å². The van der Waals surface area contributed by atoms with Crippen LogP contribution in [0.15, 0.2) is 17.2 Å². The number of carbonyl (C=O) groups is 1. The normalized spacial score (nSPS) is 20.6. The number of aromatic nitrogens is 2. The monoisotopic (exact) mass is 236 g/mol. The number of rotatable bonds is 2. The third kappa shape index (κ3) is 3.39. The Morgan fingerprint density at radius 2 is 2.35 bits per heavy atom. The summed E-state index contributed by atoms with van der Waals surface area (Å²) in [5.41, 5.74) is -0.0634. The molecule has 1 unspecified atom stereocenters. The van der Waals surface area contributed by atoms with Gasteiger partial charge in [0.1, 0.15) is 5.69 Å². The molecule has 1 aromatic rings. The third-order valence-electron chi connectivity index (χ3n) is 2.79. The fourth-order valence-corrected chi connectivity index (χ4v) is 1.87. The van der Waals surface area contributed by atoms with Crippen molar-refractivity contribution in [2.75, 3.05) is 13.1 Å². The van der Waals surface area contributed by atoms with E-state index in [4.69, 9.17) is 0 Å². The maximum atomic E-state index is 11.8. The fraction of sp³-hybridized carbons (Fsp3) is 0.545. The third-order valence-corrected chi connectivity index (χ3v) is 2.79. The Hall–Kier alpha value is -1.69. The Kier molecular flexibility index (Phi) is 3.87. The molecule has 1 aromatic heterocycles. The molecule has 3 N–H and O–H groups in total. The molecule has 6 heteroatoms. The van der Waals surface area contributed by atoms with Crippen LogP contribution in [0.25, 0.3) is 0 Å². The fourth-order valence-electron chi connectivity index (χ4n) is 1.87. The SMILES string of the molecule is O=C(NC1CCCCNC1)c1c[nH]c(=O)cn1. The number of aromatic amines is 1. The summed E-state index contributed by atoms with van der Waals surface area (Å²) in [6.07, 6.45) is 5.67. The quantitative estimate of drug-likeness (QED) is 0.654. The minimum Gasteiger partial charge on any atom is -0.347 e. The van der Waals surface area contributed by atoms with Gasteiger partial charge in [0.15, 0.2) is 0 Å². The number of H-pyrrole nitrogens is 1. The molecule has 0 aromatic carbocycles. The van der Waals surface area contributed by atoms with Crippen molar-refractivity contribution in [3.8, 4) is 0 Å². The van der Waals surface area contributed by atoms with E-state index < -0.39 is 0 Å². The van der Waals surface area contributed by atoms with Crippen LogP contribution in [0.2, 0.25) is 0 Å². The summed E-state index contributed by atoms with van der Waals surface area (Å²) < 4.78 is 0. The summed E-state index contributed by atoms with van der Waals surface area (Å²) in [5, 5.41) is 6.18. The van der Waals surface area contributed by atoms with Gasteiger partial charge in [0.25, 0.3) is 11.5 Å². The number of hydrogen-bond acceptors (Lipinski definition) is 4. The molecule has 17 heavy (non-hydrogen) atoms. The summed E-state index contributed by atoms with van der Waals surface area (Å²) in [5.74, 6) is -0.241. The van der Waals surface area contributed by atoms with E-state index in [1.807, 2.05) is 0 Å². The first-order chi connectivity index (χ1) is 8.25. The zero-order valence-corrected chi connectivity index (χ0v) is 9.53. The van der Waals surface area contributed by atoms with Crippen LogP contribution in [0.3, 0.4) is 0 Å². The van der Waals surface area contributed by atoms with Gasteiger partial charge in [-0.1, -0.05) is 6.42 Å². The molecule has 1 fully saturated rings. The molecule has 1 amide bonds. The smallest absolute Gasteiger partial charge is 0.271 e. The van der Waals surface area contributed by atoms with Crippen molar-refractivity contribution in [1.82, 2.24) is 20.6 Å². The van der Waals surface area contributed by atoms with Crippen molar-refractivity contribution in [3.63, 3.8) is 0 Å². The highest BCUT2D eigenvalue weighted by molar-refractivity contribution is 5.92. The number of carbonyl (C=O) groups excluding carboxylic acids is 1. The van der Waals surface area contributed by atoms with Crippen molar-refractivity contribution >= 4 is 5.91 Å². The molecule has 1 atom stereocenters. The van der Waals surface area contributed by atoms with E-state index in [1.165, 1.54) is 6.20 Å². The Morgan fingerprint density at radius 1 is 1.47 bits per heavy atom. The van der Waals surface area contributed by atoms with Gasteiger partial charge in [0.05, 0.1) is 6.20 Å². The first-order valence-corrected chi connectivity index (χ1v) is 5.82. The number of hydrogen-bond donors (Lipinski definition) is 3. The topological polar surface area (TPSA) is 86.9 Å². The standard InChI is InChI=1S/C11H16N4O2/c16-10-7-13-9(6-14-10)11(17)15-8-3-1-2-4-12-5-8/h6-8,12H,1-5H2,(H,14,16)(H,15,17). The minimum absolute atomic E-state index is 0.138. The van der Waals surface area contributed by atoms with Crippen LogP contribution in [0.4, 0.5) is 0 Å². The van der Waals surface area contributed by atoms with Gasteiger partial charge in [-0.25, -0.2) is 4.98 Å². The van der Waals surface area contributed by atoms with Crippen molar-refractivity contribution in [1.29, 1.82) is 0 Å². The van der Waals surface area contributed by atoms with Gasteiger partial charge >= 0.3 is 0 Å². The number of amides is 1. The maximum Gasteiger partial charge on any atom is 0.271 e. The molecule has 1 saturated heterocycles. The molecule has 6 nitrogen and oxygen atoms in total. The Bertz CT molecular complexity index is 415. The lowest BCUT2D eigenvalue weighted by Crippen LogP contribution is -2.41. The lowest BCUT2D eigenvalue weighted by molar-refractivity contribution is 0.0930. The summed E-state index contributed by atoms with van der Waals surface area (Å²) in [6, 6.07) is 0.138. The van der Waals surface area contributed by atoms with Gasteiger partial charge in [-0.05, 0) is 19.4 Å².